The van der Waals surface area contributed by atoms with Crippen LogP contribution in [0.15, 0.2) is 36.7 Å². The van der Waals surface area contributed by atoms with Gasteiger partial charge in [0.1, 0.15) is 6.33 Å². The molecule has 0 bridgehead atoms. The van der Waals surface area contributed by atoms with Gasteiger partial charge in [-0.1, -0.05) is 24.8 Å². The predicted molar refractivity (Wildman–Crippen MR) is 65.6 cm³/mol. The van der Waals surface area contributed by atoms with Crippen LogP contribution in [0.3, 0.4) is 0 Å². The van der Waals surface area contributed by atoms with E-state index in [1.807, 2.05) is 33.8 Å². The maximum absolute atomic E-state index is 4.28. The first-order chi connectivity index (χ1) is 7.19. The van der Waals surface area contributed by atoms with Crippen molar-refractivity contribution in [2.24, 2.45) is 0 Å². The fraction of sp³-hybridized carbons (Fsp3) is 0.182. The third-order valence-electron chi connectivity index (χ3n) is 2.00. The molecule has 0 saturated carbocycles. The van der Waals surface area contributed by atoms with Crippen LogP contribution in [-0.2, 0) is 0 Å². The maximum Gasteiger partial charge on any atom is 0.189 e. The molecule has 0 saturated heterocycles. The fourth-order valence-electron chi connectivity index (χ4n) is 1.17. The van der Waals surface area contributed by atoms with Crippen LogP contribution in [0.25, 0.3) is 5.57 Å². The highest BCUT2D eigenvalue weighted by Gasteiger charge is 2.04. The van der Waals surface area contributed by atoms with Gasteiger partial charge in [0.2, 0.25) is 0 Å². The summed E-state index contributed by atoms with van der Waals surface area (Å²) in [6.45, 7) is 7.70. The molecule has 0 aliphatic heterocycles. The van der Waals surface area contributed by atoms with Crippen molar-refractivity contribution >= 4 is 19.1 Å². The zero-order chi connectivity index (χ0) is 11.3. The average Bonchev–Trinajstić information content (AvgIpc) is 2.25. The number of hydrogen-bond donors (Lipinski definition) is 0. The summed E-state index contributed by atoms with van der Waals surface area (Å²) >= 11 is 0. The van der Waals surface area contributed by atoms with E-state index in [0.29, 0.717) is 5.82 Å². The van der Waals surface area contributed by atoms with E-state index in [9.17, 15) is 0 Å². The largest absolute Gasteiger partial charge is 0.233 e. The number of rotatable bonds is 3. The smallest absolute Gasteiger partial charge is 0.189 e. The van der Waals surface area contributed by atoms with E-state index in [2.05, 4.69) is 21.5 Å². The Morgan fingerprint density at radius 2 is 2.20 bits per heavy atom. The molecule has 0 spiro atoms. The molecule has 0 unspecified atom stereocenters. The van der Waals surface area contributed by atoms with Crippen LogP contribution in [0, 0.1) is 0 Å². The van der Waals surface area contributed by atoms with Crippen LogP contribution in [0.5, 0.6) is 0 Å². The summed E-state index contributed by atoms with van der Waals surface area (Å²) in [6, 6.07) is 0. The molecule has 0 fully saturated rings. The van der Waals surface area contributed by atoms with Gasteiger partial charge in [-0.3, -0.25) is 0 Å². The fourth-order valence-corrected chi connectivity index (χ4v) is 1.17. The minimum Gasteiger partial charge on any atom is -0.233 e. The van der Waals surface area contributed by atoms with Crippen LogP contribution in [0.4, 0.5) is 0 Å². The Labute approximate surface area is 91.1 Å². The van der Waals surface area contributed by atoms with Crippen molar-refractivity contribution in [1.82, 2.24) is 15.0 Å². The second kappa shape index (κ2) is 5.24. The Morgan fingerprint density at radius 1 is 1.47 bits per heavy atom. The molecule has 0 aliphatic rings. The molecule has 3 nitrogen and oxygen atoms in total. The van der Waals surface area contributed by atoms with Crippen molar-refractivity contribution in [2.75, 3.05) is 0 Å². The summed E-state index contributed by atoms with van der Waals surface area (Å²) in [5.41, 5.74) is 2.76. The zero-order valence-corrected chi connectivity index (χ0v) is 9.36. The van der Waals surface area contributed by atoms with Crippen molar-refractivity contribution in [3.05, 3.63) is 42.5 Å². The summed E-state index contributed by atoms with van der Waals surface area (Å²) in [4.78, 5) is 12.4. The Morgan fingerprint density at radius 3 is 2.73 bits per heavy atom. The minimum atomic E-state index is 0.693. The molecule has 76 valence electrons. The Hall–Kier alpha value is -1.71. The molecule has 0 radical (unpaired) electrons. The molecule has 0 aromatic carbocycles. The van der Waals surface area contributed by atoms with Crippen LogP contribution in [0.2, 0.25) is 0 Å². The normalized spacial score (nSPS) is 12.7. The Bertz CT molecular complexity index is 422. The van der Waals surface area contributed by atoms with Crippen molar-refractivity contribution in [3.63, 3.8) is 0 Å². The van der Waals surface area contributed by atoms with Gasteiger partial charge < -0.3 is 0 Å². The highest BCUT2D eigenvalue weighted by molar-refractivity contribution is 6.28. The van der Waals surface area contributed by atoms with Crippen LogP contribution < -0.4 is 5.72 Å². The molecule has 15 heavy (non-hydrogen) atoms. The first-order valence-corrected chi connectivity index (χ1v) is 4.81. The van der Waals surface area contributed by atoms with Crippen molar-refractivity contribution in [1.29, 1.82) is 0 Å². The topological polar surface area (TPSA) is 38.7 Å². The molecule has 0 atom stereocenters. The van der Waals surface area contributed by atoms with Gasteiger partial charge in [0.05, 0.1) is 5.72 Å². The number of allylic oxidation sites excluding steroid dienone is 5. The molecule has 1 aromatic rings. The van der Waals surface area contributed by atoms with E-state index < -0.39 is 0 Å². The highest BCUT2D eigenvalue weighted by Crippen LogP contribution is 2.15. The third kappa shape index (κ3) is 2.87. The second-order valence-corrected chi connectivity index (χ2v) is 3.16. The summed E-state index contributed by atoms with van der Waals surface area (Å²) < 4.78 is 0. The van der Waals surface area contributed by atoms with Gasteiger partial charge in [-0.05, 0) is 19.4 Å². The quantitative estimate of drug-likeness (QED) is 0.530. The monoisotopic (exact) mass is 199 g/mol. The van der Waals surface area contributed by atoms with E-state index in [0.717, 1.165) is 16.9 Å². The molecular weight excluding hydrogens is 185 g/mol. The number of nitrogens with zero attached hydrogens (tertiary/aromatic N) is 3. The number of hydrogen-bond acceptors (Lipinski definition) is 3. The van der Waals surface area contributed by atoms with Gasteiger partial charge >= 0.3 is 0 Å². The summed E-state index contributed by atoms with van der Waals surface area (Å²) in [7, 11) is 1.85. The molecule has 1 heterocycles. The first-order valence-electron chi connectivity index (χ1n) is 4.81. The molecule has 1 aromatic heterocycles. The predicted octanol–water partition coefficient (Wildman–Crippen LogP) is 0.666. The van der Waals surface area contributed by atoms with Gasteiger partial charge in [-0.25, -0.2) is 15.0 Å². The van der Waals surface area contributed by atoms with Gasteiger partial charge in [0, 0.05) is 5.57 Å². The first kappa shape index (κ1) is 11.4. The van der Waals surface area contributed by atoms with E-state index in [1.165, 1.54) is 6.33 Å². The summed E-state index contributed by atoms with van der Waals surface area (Å²) in [5, 5.41) is 0. The zero-order valence-electron chi connectivity index (χ0n) is 9.36. The molecule has 0 amide bonds. The Kier molecular flexibility index (Phi) is 3.97. The van der Waals surface area contributed by atoms with Crippen LogP contribution in [-0.4, -0.2) is 22.8 Å². The molecule has 4 heteroatoms. The summed E-state index contributed by atoms with van der Waals surface area (Å²) in [5.74, 6) is 0.693. The summed E-state index contributed by atoms with van der Waals surface area (Å²) in [6.07, 6.45) is 7.26. The van der Waals surface area contributed by atoms with E-state index in [4.69, 9.17) is 0 Å². The van der Waals surface area contributed by atoms with Crippen molar-refractivity contribution in [3.8, 4) is 0 Å². The minimum absolute atomic E-state index is 0.693. The van der Waals surface area contributed by atoms with Gasteiger partial charge in [-0.15, -0.1) is 0 Å². The average molecular weight is 199 g/mol. The van der Waals surface area contributed by atoms with Crippen molar-refractivity contribution < 1.29 is 0 Å². The lowest BCUT2D eigenvalue weighted by Crippen LogP contribution is -2.15. The molecule has 1 rings (SSSR count). The lowest BCUT2D eigenvalue weighted by atomic mass is 10.1. The molecular formula is C11H14BN3. The van der Waals surface area contributed by atoms with E-state index >= 15 is 0 Å². The standard InChI is InChI=1S/C11H14BN3/c1-4-6-9(8(3)5-2)10-13-7-14-11(12)15-10/h4-7H,2,12H2,1,3H3/b6-4-,9-8+. The third-order valence-corrected chi connectivity index (χ3v) is 2.00. The SMILES string of the molecule is Bc1ncnc(C(/C=C\C)=C(\C)C=C)n1. The van der Waals surface area contributed by atoms with Crippen LogP contribution in [0.1, 0.15) is 19.7 Å². The van der Waals surface area contributed by atoms with Crippen molar-refractivity contribution in [2.45, 2.75) is 13.8 Å². The van der Waals surface area contributed by atoms with Gasteiger partial charge in [0.15, 0.2) is 13.7 Å². The molecule has 0 N–H and O–H groups in total. The second-order valence-electron chi connectivity index (χ2n) is 3.16. The lowest BCUT2D eigenvalue weighted by Gasteiger charge is -2.04. The lowest BCUT2D eigenvalue weighted by molar-refractivity contribution is 1.05. The van der Waals surface area contributed by atoms with E-state index in [1.54, 1.807) is 6.08 Å². The Balaban J connectivity index is 3.28. The van der Waals surface area contributed by atoms with Gasteiger partial charge in [-0.2, -0.15) is 0 Å². The highest BCUT2D eigenvalue weighted by atomic mass is 15.0. The maximum atomic E-state index is 4.28. The van der Waals surface area contributed by atoms with E-state index in [-0.39, 0.29) is 0 Å². The molecule has 0 aliphatic carbocycles. The van der Waals surface area contributed by atoms with Crippen LogP contribution >= 0.6 is 0 Å². The van der Waals surface area contributed by atoms with Gasteiger partial charge in [0.25, 0.3) is 0 Å². The number of aromatic nitrogens is 3.